The van der Waals surface area contributed by atoms with E-state index in [2.05, 4.69) is 31.3 Å². The molecule has 2 aromatic rings. The highest BCUT2D eigenvalue weighted by Crippen LogP contribution is 2.18. The summed E-state index contributed by atoms with van der Waals surface area (Å²) in [5, 5.41) is 3.42. The molecule has 2 aromatic carbocycles. The van der Waals surface area contributed by atoms with E-state index >= 15 is 0 Å². The van der Waals surface area contributed by atoms with E-state index in [1.807, 2.05) is 43.3 Å². The molecular formula is C20H27NO2. The highest BCUT2D eigenvalue weighted by atomic mass is 16.5. The van der Waals surface area contributed by atoms with Crippen LogP contribution in [0.1, 0.15) is 32.8 Å². The Morgan fingerprint density at radius 1 is 0.957 bits per heavy atom. The van der Waals surface area contributed by atoms with Crippen molar-refractivity contribution in [1.29, 1.82) is 0 Å². The average molecular weight is 313 g/mol. The van der Waals surface area contributed by atoms with Gasteiger partial charge in [-0.1, -0.05) is 26.0 Å². The lowest BCUT2D eigenvalue weighted by molar-refractivity contribution is 0.289. The molecule has 0 aliphatic heterocycles. The summed E-state index contributed by atoms with van der Waals surface area (Å²) in [7, 11) is 0. The van der Waals surface area contributed by atoms with Crippen molar-refractivity contribution in [2.75, 3.05) is 18.5 Å². The Bertz CT molecular complexity index is 578. The summed E-state index contributed by atoms with van der Waals surface area (Å²) in [6.45, 7) is 8.64. The van der Waals surface area contributed by atoms with Crippen molar-refractivity contribution in [2.24, 2.45) is 5.92 Å². The SMILES string of the molecule is CCOc1ccc(NCc2cccc(OCCC(C)C)c2)cc1. The first-order chi connectivity index (χ1) is 11.2. The van der Waals surface area contributed by atoms with E-state index in [9.17, 15) is 0 Å². The Kier molecular flexibility index (Phi) is 6.79. The van der Waals surface area contributed by atoms with Crippen LogP contribution < -0.4 is 14.8 Å². The molecule has 23 heavy (non-hydrogen) atoms. The summed E-state index contributed by atoms with van der Waals surface area (Å²) in [5.74, 6) is 2.51. The molecule has 0 atom stereocenters. The molecule has 0 fully saturated rings. The van der Waals surface area contributed by atoms with Crippen molar-refractivity contribution < 1.29 is 9.47 Å². The van der Waals surface area contributed by atoms with Crippen LogP contribution in [0.5, 0.6) is 11.5 Å². The van der Waals surface area contributed by atoms with Crippen LogP contribution in [0, 0.1) is 5.92 Å². The number of nitrogens with one attached hydrogen (secondary N) is 1. The summed E-state index contributed by atoms with van der Waals surface area (Å²) in [6.07, 6.45) is 1.08. The normalized spacial score (nSPS) is 10.6. The topological polar surface area (TPSA) is 30.5 Å². The van der Waals surface area contributed by atoms with Crippen LogP contribution >= 0.6 is 0 Å². The van der Waals surface area contributed by atoms with Crippen molar-refractivity contribution >= 4 is 5.69 Å². The fourth-order valence-corrected chi connectivity index (χ4v) is 2.20. The van der Waals surface area contributed by atoms with E-state index in [-0.39, 0.29) is 0 Å². The van der Waals surface area contributed by atoms with Crippen molar-refractivity contribution in [3.63, 3.8) is 0 Å². The van der Waals surface area contributed by atoms with E-state index in [0.29, 0.717) is 12.5 Å². The fraction of sp³-hybridized carbons (Fsp3) is 0.400. The van der Waals surface area contributed by atoms with Gasteiger partial charge in [0.1, 0.15) is 11.5 Å². The van der Waals surface area contributed by atoms with Crippen LogP contribution in [0.25, 0.3) is 0 Å². The molecule has 0 aromatic heterocycles. The average Bonchev–Trinajstić information content (AvgIpc) is 2.55. The van der Waals surface area contributed by atoms with Gasteiger partial charge < -0.3 is 14.8 Å². The lowest BCUT2D eigenvalue weighted by atomic mass is 10.1. The third-order valence-corrected chi connectivity index (χ3v) is 3.52. The van der Waals surface area contributed by atoms with Crippen LogP contribution in [0.3, 0.4) is 0 Å². The Labute approximate surface area is 139 Å². The van der Waals surface area contributed by atoms with Gasteiger partial charge in [0.15, 0.2) is 0 Å². The third kappa shape index (κ3) is 6.23. The Morgan fingerprint density at radius 2 is 1.74 bits per heavy atom. The number of ether oxygens (including phenoxy) is 2. The standard InChI is InChI=1S/C20H27NO2/c1-4-22-19-10-8-18(9-11-19)21-15-17-6-5-7-20(14-17)23-13-12-16(2)3/h5-11,14,16,21H,4,12-13,15H2,1-3H3. The smallest absolute Gasteiger partial charge is 0.119 e. The van der Waals surface area contributed by atoms with Gasteiger partial charge in [0.2, 0.25) is 0 Å². The van der Waals surface area contributed by atoms with Gasteiger partial charge in [-0.2, -0.15) is 0 Å². The highest BCUT2D eigenvalue weighted by molar-refractivity contribution is 5.47. The zero-order chi connectivity index (χ0) is 16.5. The number of rotatable bonds is 9. The van der Waals surface area contributed by atoms with Gasteiger partial charge in [0, 0.05) is 12.2 Å². The first-order valence-electron chi connectivity index (χ1n) is 8.36. The molecule has 0 unspecified atom stereocenters. The molecular weight excluding hydrogens is 286 g/mol. The van der Waals surface area contributed by atoms with Crippen molar-refractivity contribution in [2.45, 2.75) is 33.7 Å². The third-order valence-electron chi connectivity index (χ3n) is 3.52. The lowest BCUT2D eigenvalue weighted by Crippen LogP contribution is -2.03. The molecule has 3 heteroatoms. The second-order valence-electron chi connectivity index (χ2n) is 5.99. The van der Waals surface area contributed by atoms with Gasteiger partial charge >= 0.3 is 0 Å². The molecule has 0 saturated carbocycles. The predicted octanol–water partition coefficient (Wildman–Crippen LogP) is 5.12. The van der Waals surface area contributed by atoms with Crippen LogP contribution in [-0.4, -0.2) is 13.2 Å². The minimum absolute atomic E-state index is 0.666. The molecule has 3 nitrogen and oxygen atoms in total. The van der Waals surface area contributed by atoms with E-state index in [0.717, 1.165) is 36.8 Å². The predicted molar refractivity (Wildman–Crippen MR) is 96.3 cm³/mol. The van der Waals surface area contributed by atoms with Gasteiger partial charge in [-0.05, 0) is 61.2 Å². The summed E-state index contributed by atoms with van der Waals surface area (Å²) < 4.78 is 11.3. The maximum atomic E-state index is 5.81. The Morgan fingerprint density at radius 3 is 2.43 bits per heavy atom. The van der Waals surface area contributed by atoms with Crippen molar-refractivity contribution in [3.8, 4) is 11.5 Å². The second kappa shape index (κ2) is 9.09. The number of benzene rings is 2. The molecule has 1 N–H and O–H groups in total. The quantitative estimate of drug-likeness (QED) is 0.697. The summed E-state index contributed by atoms with van der Waals surface area (Å²) in [5.41, 5.74) is 2.29. The van der Waals surface area contributed by atoms with Crippen LogP contribution in [0.15, 0.2) is 48.5 Å². The van der Waals surface area contributed by atoms with Crippen LogP contribution in [0.2, 0.25) is 0 Å². The largest absolute Gasteiger partial charge is 0.494 e. The van der Waals surface area contributed by atoms with Crippen LogP contribution in [0.4, 0.5) is 5.69 Å². The zero-order valence-electron chi connectivity index (χ0n) is 14.3. The summed E-state index contributed by atoms with van der Waals surface area (Å²) in [6, 6.07) is 16.3. The van der Waals surface area contributed by atoms with Crippen LogP contribution in [-0.2, 0) is 6.54 Å². The van der Waals surface area contributed by atoms with Gasteiger partial charge in [-0.15, -0.1) is 0 Å². The molecule has 0 saturated heterocycles. The van der Waals surface area contributed by atoms with Gasteiger partial charge in [-0.25, -0.2) is 0 Å². The molecule has 124 valence electrons. The lowest BCUT2D eigenvalue weighted by Gasteiger charge is -2.11. The molecule has 2 rings (SSSR count). The maximum Gasteiger partial charge on any atom is 0.119 e. The first kappa shape index (κ1) is 17.2. The minimum atomic E-state index is 0.666. The summed E-state index contributed by atoms with van der Waals surface area (Å²) in [4.78, 5) is 0. The number of anilines is 1. The molecule has 0 aliphatic rings. The monoisotopic (exact) mass is 313 g/mol. The van der Waals surface area contributed by atoms with E-state index < -0.39 is 0 Å². The van der Waals surface area contributed by atoms with Gasteiger partial charge in [-0.3, -0.25) is 0 Å². The van der Waals surface area contributed by atoms with E-state index in [1.165, 1.54) is 5.56 Å². The molecule has 0 spiro atoms. The molecule has 0 aliphatic carbocycles. The maximum absolute atomic E-state index is 5.81. The van der Waals surface area contributed by atoms with Gasteiger partial charge in [0.05, 0.1) is 13.2 Å². The fourth-order valence-electron chi connectivity index (χ4n) is 2.20. The number of hydrogen-bond acceptors (Lipinski definition) is 3. The Hall–Kier alpha value is -2.16. The highest BCUT2D eigenvalue weighted by Gasteiger charge is 2.00. The summed E-state index contributed by atoms with van der Waals surface area (Å²) >= 11 is 0. The molecule has 0 amide bonds. The van der Waals surface area contributed by atoms with Gasteiger partial charge in [0.25, 0.3) is 0 Å². The first-order valence-corrected chi connectivity index (χ1v) is 8.36. The van der Waals surface area contributed by atoms with E-state index in [1.54, 1.807) is 0 Å². The zero-order valence-corrected chi connectivity index (χ0v) is 14.3. The Balaban J connectivity index is 1.85. The molecule has 0 bridgehead atoms. The molecule has 0 radical (unpaired) electrons. The van der Waals surface area contributed by atoms with Crippen molar-refractivity contribution in [3.05, 3.63) is 54.1 Å². The van der Waals surface area contributed by atoms with E-state index in [4.69, 9.17) is 9.47 Å². The van der Waals surface area contributed by atoms with Crippen molar-refractivity contribution in [1.82, 2.24) is 0 Å². The number of hydrogen-bond donors (Lipinski definition) is 1. The minimum Gasteiger partial charge on any atom is -0.494 e. The second-order valence-corrected chi connectivity index (χ2v) is 5.99. The molecule has 0 heterocycles.